The molecule has 0 atom stereocenters. The first-order valence-electron chi connectivity index (χ1n) is 8.76. The highest BCUT2D eigenvalue weighted by molar-refractivity contribution is 6.32. The van der Waals surface area contributed by atoms with Gasteiger partial charge in [0.25, 0.3) is 0 Å². The van der Waals surface area contributed by atoms with Crippen LogP contribution in [0.15, 0.2) is 46.2 Å². The SMILES string of the molecule is C=NC1(Nc2nc(=O)n(-c3ccccc3Cl)c3nc(C(F)(F)F)ccc23)CCC1. The average molecular weight is 422 g/mol. The van der Waals surface area contributed by atoms with E-state index in [0.29, 0.717) is 12.8 Å². The normalized spacial score (nSPS) is 15.7. The molecule has 0 saturated heterocycles. The molecule has 10 heteroatoms. The molecular formula is C19H15ClF3N5O. The highest BCUT2D eigenvalue weighted by Gasteiger charge is 2.37. The minimum absolute atomic E-state index is 0.113. The summed E-state index contributed by atoms with van der Waals surface area (Å²) in [5.74, 6) is 0.113. The summed E-state index contributed by atoms with van der Waals surface area (Å²) in [5.41, 5.74) is -2.63. The van der Waals surface area contributed by atoms with Crippen LogP contribution < -0.4 is 11.0 Å². The van der Waals surface area contributed by atoms with E-state index in [9.17, 15) is 18.0 Å². The summed E-state index contributed by atoms with van der Waals surface area (Å²) < 4.78 is 40.8. The fourth-order valence-electron chi connectivity index (χ4n) is 3.26. The van der Waals surface area contributed by atoms with Gasteiger partial charge in [-0.25, -0.2) is 14.3 Å². The number of nitrogens with zero attached hydrogens (tertiary/aromatic N) is 4. The molecule has 4 rings (SSSR count). The second kappa shape index (κ2) is 6.84. The van der Waals surface area contributed by atoms with Crippen LogP contribution in [0.25, 0.3) is 16.7 Å². The Bertz CT molecular complexity index is 1170. The first-order valence-corrected chi connectivity index (χ1v) is 9.14. The Morgan fingerprint density at radius 3 is 2.48 bits per heavy atom. The van der Waals surface area contributed by atoms with Gasteiger partial charge in [-0.05, 0) is 50.2 Å². The summed E-state index contributed by atoms with van der Waals surface area (Å²) >= 11 is 6.18. The van der Waals surface area contributed by atoms with E-state index in [0.717, 1.165) is 17.1 Å². The molecule has 1 saturated carbocycles. The van der Waals surface area contributed by atoms with Gasteiger partial charge in [0.15, 0.2) is 5.65 Å². The molecule has 0 spiro atoms. The first-order chi connectivity index (χ1) is 13.7. The van der Waals surface area contributed by atoms with E-state index in [1.165, 1.54) is 18.2 Å². The van der Waals surface area contributed by atoms with Crippen LogP contribution >= 0.6 is 11.6 Å². The Morgan fingerprint density at radius 1 is 1.17 bits per heavy atom. The summed E-state index contributed by atoms with van der Waals surface area (Å²) in [4.78, 5) is 24.7. The number of fused-ring (bicyclic) bond motifs is 1. The average Bonchev–Trinajstić information content (AvgIpc) is 2.64. The van der Waals surface area contributed by atoms with E-state index in [-0.39, 0.29) is 27.6 Å². The third-order valence-electron chi connectivity index (χ3n) is 4.96. The Kier molecular flexibility index (Phi) is 4.57. The van der Waals surface area contributed by atoms with E-state index in [1.807, 2.05) is 0 Å². The van der Waals surface area contributed by atoms with Gasteiger partial charge in [-0.2, -0.15) is 18.2 Å². The molecule has 0 amide bonds. The molecule has 0 radical (unpaired) electrons. The van der Waals surface area contributed by atoms with Gasteiger partial charge in [0, 0.05) is 0 Å². The number of aliphatic imine (C=N–C) groups is 1. The van der Waals surface area contributed by atoms with Gasteiger partial charge in [-0.15, -0.1) is 0 Å². The summed E-state index contributed by atoms with van der Waals surface area (Å²) in [6.07, 6.45) is -2.40. The maximum Gasteiger partial charge on any atom is 0.433 e. The molecule has 3 aromatic rings. The predicted molar refractivity (Wildman–Crippen MR) is 105 cm³/mol. The number of para-hydroxylation sites is 1. The molecule has 150 valence electrons. The quantitative estimate of drug-likeness (QED) is 0.632. The van der Waals surface area contributed by atoms with E-state index < -0.39 is 23.2 Å². The summed E-state index contributed by atoms with van der Waals surface area (Å²) in [6, 6.07) is 8.39. The van der Waals surface area contributed by atoms with Crippen molar-refractivity contribution in [3.05, 3.63) is 57.6 Å². The zero-order chi connectivity index (χ0) is 20.8. The van der Waals surface area contributed by atoms with Gasteiger partial charge in [0.05, 0.1) is 16.1 Å². The van der Waals surface area contributed by atoms with Crippen LogP contribution in [-0.2, 0) is 6.18 Å². The molecule has 0 unspecified atom stereocenters. The van der Waals surface area contributed by atoms with E-state index >= 15 is 0 Å². The van der Waals surface area contributed by atoms with Crippen LogP contribution in [0.1, 0.15) is 25.0 Å². The summed E-state index contributed by atoms with van der Waals surface area (Å²) in [6.45, 7) is 3.57. The number of hydrogen-bond donors (Lipinski definition) is 1. The maximum absolute atomic E-state index is 13.3. The van der Waals surface area contributed by atoms with Crippen LogP contribution in [-0.4, -0.2) is 26.9 Å². The van der Waals surface area contributed by atoms with Gasteiger partial charge >= 0.3 is 11.9 Å². The zero-order valence-corrected chi connectivity index (χ0v) is 15.8. The van der Waals surface area contributed by atoms with E-state index in [1.54, 1.807) is 12.1 Å². The molecule has 1 N–H and O–H groups in total. The lowest BCUT2D eigenvalue weighted by Gasteiger charge is -2.39. The number of benzene rings is 1. The van der Waals surface area contributed by atoms with Gasteiger partial charge in [-0.3, -0.25) is 4.99 Å². The highest BCUT2D eigenvalue weighted by Crippen LogP contribution is 2.38. The van der Waals surface area contributed by atoms with Crippen LogP contribution in [0, 0.1) is 0 Å². The Hall–Kier alpha value is -2.94. The van der Waals surface area contributed by atoms with Crippen molar-refractivity contribution in [3.63, 3.8) is 0 Å². The first kappa shape index (κ1) is 19.4. The lowest BCUT2D eigenvalue weighted by molar-refractivity contribution is -0.141. The summed E-state index contributed by atoms with van der Waals surface area (Å²) in [5, 5.41) is 3.49. The smallest absolute Gasteiger partial charge is 0.345 e. The molecule has 2 aromatic heterocycles. The molecular weight excluding hydrogens is 407 g/mol. The highest BCUT2D eigenvalue weighted by atomic mass is 35.5. The number of hydrogen-bond acceptors (Lipinski definition) is 5. The molecule has 6 nitrogen and oxygen atoms in total. The van der Waals surface area contributed by atoms with Crippen molar-refractivity contribution in [3.8, 4) is 5.69 Å². The van der Waals surface area contributed by atoms with Crippen LogP contribution in [0.4, 0.5) is 19.0 Å². The molecule has 0 bridgehead atoms. The molecule has 0 aliphatic heterocycles. The summed E-state index contributed by atoms with van der Waals surface area (Å²) in [7, 11) is 0. The fourth-order valence-corrected chi connectivity index (χ4v) is 3.48. The van der Waals surface area contributed by atoms with Crippen molar-refractivity contribution in [2.75, 3.05) is 5.32 Å². The van der Waals surface area contributed by atoms with Gasteiger partial charge < -0.3 is 5.32 Å². The minimum Gasteiger partial charge on any atom is -0.345 e. The molecule has 2 heterocycles. The number of anilines is 1. The zero-order valence-electron chi connectivity index (χ0n) is 15.0. The van der Waals surface area contributed by atoms with Gasteiger partial charge in [0.1, 0.15) is 17.2 Å². The van der Waals surface area contributed by atoms with Crippen molar-refractivity contribution in [2.24, 2.45) is 4.99 Å². The van der Waals surface area contributed by atoms with Gasteiger partial charge in [0.2, 0.25) is 0 Å². The second-order valence-electron chi connectivity index (χ2n) is 6.76. The molecule has 29 heavy (non-hydrogen) atoms. The maximum atomic E-state index is 13.3. The minimum atomic E-state index is -4.68. The molecule has 1 aromatic carbocycles. The third-order valence-corrected chi connectivity index (χ3v) is 5.28. The second-order valence-corrected chi connectivity index (χ2v) is 7.17. The topological polar surface area (TPSA) is 72.2 Å². The van der Waals surface area contributed by atoms with Crippen LogP contribution in [0.3, 0.4) is 0 Å². The number of alkyl halides is 3. The monoisotopic (exact) mass is 421 g/mol. The van der Waals surface area contributed by atoms with Crippen molar-refractivity contribution in [1.29, 1.82) is 0 Å². The Balaban J connectivity index is 2.01. The van der Waals surface area contributed by atoms with Crippen molar-refractivity contribution < 1.29 is 13.2 Å². The lowest BCUT2D eigenvalue weighted by Crippen LogP contribution is -2.43. The largest absolute Gasteiger partial charge is 0.433 e. The van der Waals surface area contributed by atoms with Crippen LogP contribution in [0.5, 0.6) is 0 Å². The Morgan fingerprint density at radius 2 is 1.90 bits per heavy atom. The van der Waals surface area contributed by atoms with Crippen molar-refractivity contribution >= 4 is 35.2 Å². The van der Waals surface area contributed by atoms with E-state index in [4.69, 9.17) is 11.6 Å². The molecule has 1 aliphatic carbocycles. The Labute approximate surface area is 168 Å². The van der Waals surface area contributed by atoms with E-state index in [2.05, 4.69) is 27.0 Å². The fraction of sp³-hybridized carbons (Fsp3) is 0.263. The van der Waals surface area contributed by atoms with Gasteiger partial charge in [-0.1, -0.05) is 23.7 Å². The predicted octanol–water partition coefficient (Wildman–Crippen LogP) is 4.45. The third kappa shape index (κ3) is 3.35. The number of rotatable bonds is 4. The number of halogens is 4. The lowest BCUT2D eigenvalue weighted by atomic mass is 9.85. The number of nitrogens with one attached hydrogen (secondary N) is 1. The molecule has 1 aliphatic rings. The van der Waals surface area contributed by atoms with Crippen LogP contribution in [0.2, 0.25) is 5.02 Å². The van der Waals surface area contributed by atoms with Crippen molar-refractivity contribution in [2.45, 2.75) is 31.1 Å². The standard InChI is InChI=1S/C19H15ClF3N5O/c1-24-18(9-4-10-18)27-15-11-7-8-14(19(21,22)23)25-16(11)28(17(29)26-15)13-6-3-2-5-12(13)20/h2-3,5-8H,1,4,9-10H2,(H,26,27,29). The van der Waals surface area contributed by atoms with Crippen molar-refractivity contribution in [1.82, 2.24) is 14.5 Å². The number of aromatic nitrogens is 3. The number of pyridine rings is 1. The molecule has 1 fully saturated rings.